The van der Waals surface area contributed by atoms with Crippen LogP contribution in [0.1, 0.15) is 30.5 Å². The molecule has 1 heterocycles. The Morgan fingerprint density at radius 2 is 2.25 bits per heavy atom. The zero-order valence-corrected chi connectivity index (χ0v) is 12.7. The van der Waals surface area contributed by atoms with Crippen molar-refractivity contribution in [2.24, 2.45) is 5.92 Å². The first-order chi connectivity index (χ1) is 9.13. The van der Waals surface area contributed by atoms with Gasteiger partial charge in [0.1, 0.15) is 5.82 Å². The minimum Gasteiger partial charge on any atom is -0.466 e. The summed E-state index contributed by atoms with van der Waals surface area (Å²) >= 11 is 0. The summed E-state index contributed by atoms with van der Waals surface area (Å²) in [6.07, 6.45) is 1.11. The SMILES string of the molecule is CCOC(=O)C(C)Cc1ccc2c(c1F)CCNC2.Cl. The van der Waals surface area contributed by atoms with Crippen LogP contribution in [0.25, 0.3) is 0 Å². The number of nitrogens with one attached hydrogen (secondary N) is 1. The molecule has 0 amide bonds. The number of rotatable bonds is 4. The van der Waals surface area contributed by atoms with Gasteiger partial charge >= 0.3 is 5.97 Å². The van der Waals surface area contributed by atoms with Crippen molar-refractivity contribution < 1.29 is 13.9 Å². The molecule has 0 aliphatic carbocycles. The van der Waals surface area contributed by atoms with E-state index >= 15 is 0 Å². The minimum absolute atomic E-state index is 0. The second kappa shape index (κ2) is 7.60. The number of fused-ring (bicyclic) bond motifs is 1. The van der Waals surface area contributed by atoms with E-state index < -0.39 is 0 Å². The highest BCUT2D eigenvalue weighted by molar-refractivity contribution is 5.85. The Morgan fingerprint density at radius 1 is 1.50 bits per heavy atom. The molecule has 2 rings (SSSR count). The van der Waals surface area contributed by atoms with Crippen LogP contribution in [0.5, 0.6) is 0 Å². The van der Waals surface area contributed by atoms with Crippen molar-refractivity contribution in [3.05, 3.63) is 34.6 Å². The van der Waals surface area contributed by atoms with E-state index in [1.165, 1.54) is 0 Å². The van der Waals surface area contributed by atoms with E-state index in [4.69, 9.17) is 4.74 Å². The van der Waals surface area contributed by atoms with Crippen molar-refractivity contribution in [2.75, 3.05) is 13.2 Å². The van der Waals surface area contributed by atoms with Gasteiger partial charge in [0.15, 0.2) is 0 Å². The fourth-order valence-corrected chi connectivity index (χ4v) is 2.44. The van der Waals surface area contributed by atoms with Crippen molar-refractivity contribution in [2.45, 2.75) is 33.2 Å². The molecule has 0 aromatic heterocycles. The standard InChI is InChI=1S/C15H20FNO2.ClH/c1-3-19-15(18)10(2)8-11-4-5-12-9-17-7-6-13(12)14(11)16;/h4-5,10,17H,3,6-9H2,1-2H3;1H. The maximum atomic E-state index is 14.4. The molecular formula is C15H21ClFNO2. The molecule has 5 heteroatoms. The smallest absolute Gasteiger partial charge is 0.308 e. The van der Waals surface area contributed by atoms with Gasteiger partial charge in [-0.3, -0.25) is 4.79 Å². The fraction of sp³-hybridized carbons (Fsp3) is 0.533. The van der Waals surface area contributed by atoms with E-state index in [1.807, 2.05) is 6.07 Å². The molecule has 0 saturated heterocycles. The van der Waals surface area contributed by atoms with Gasteiger partial charge in [-0.25, -0.2) is 4.39 Å². The van der Waals surface area contributed by atoms with Crippen LogP contribution in [-0.4, -0.2) is 19.1 Å². The lowest BCUT2D eigenvalue weighted by Crippen LogP contribution is -2.25. The normalized spacial score (nSPS) is 14.9. The number of carbonyl (C=O) groups excluding carboxylic acids is 1. The maximum absolute atomic E-state index is 14.4. The molecule has 1 unspecified atom stereocenters. The maximum Gasteiger partial charge on any atom is 0.308 e. The third-order valence-corrected chi connectivity index (χ3v) is 3.50. The van der Waals surface area contributed by atoms with Crippen molar-refractivity contribution in [1.82, 2.24) is 5.32 Å². The summed E-state index contributed by atoms with van der Waals surface area (Å²) in [7, 11) is 0. The third kappa shape index (κ3) is 3.70. The number of carbonyl (C=O) groups is 1. The lowest BCUT2D eigenvalue weighted by atomic mass is 9.93. The second-order valence-corrected chi connectivity index (χ2v) is 4.96. The number of ether oxygens (including phenoxy) is 1. The van der Waals surface area contributed by atoms with Crippen LogP contribution in [0, 0.1) is 11.7 Å². The van der Waals surface area contributed by atoms with Gasteiger partial charge in [0.2, 0.25) is 0 Å². The summed E-state index contributed by atoms with van der Waals surface area (Å²) in [5.74, 6) is -0.717. The van der Waals surface area contributed by atoms with Gasteiger partial charge in [-0.05, 0) is 43.0 Å². The van der Waals surface area contributed by atoms with E-state index in [0.29, 0.717) is 25.0 Å². The van der Waals surface area contributed by atoms with E-state index in [2.05, 4.69) is 5.32 Å². The van der Waals surface area contributed by atoms with E-state index in [-0.39, 0.29) is 30.1 Å². The average molecular weight is 302 g/mol. The molecule has 20 heavy (non-hydrogen) atoms. The number of benzene rings is 1. The van der Waals surface area contributed by atoms with Gasteiger partial charge in [-0.15, -0.1) is 12.4 Å². The molecule has 1 aromatic rings. The van der Waals surface area contributed by atoms with Crippen LogP contribution >= 0.6 is 12.4 Å². The summed E-state index contributed by atoms with van der Waals surface area (Å²) in [4.78, 5) is 11.6. The molecule has 0 radical (unpaired) electrons. The van der Waals surface area contributed by atoms with Gasteiger partial charge in [-0.1, -0.05) is 19.1 Å². The zero-order chi connectivity index (χ0) is 13.8. The summed E-state index contributed by atoms with van der Waals surface area (Å²) in [5, 5.41) is 3.22. The first-order valence-electron chi connectivity index (χ1n) is 6.80. The number of hydrogen-bond acceptors (Lipinski definition) is 3. The molecule has 0 fully saturated rings. The molecule has 1 N–H and O–H groups in total. The molecule has 0 saturated carbocycles. The quantitative estimate of drug-likeness (QED) is 0.869. The van der Waals surface area contributed by atoms with Crippen molar-refractivity contribution in [3.8, 4) is 0 Å². The summed E-state index contributed by atoms with van der Waals surface area (Å²) in [5.41, 5.74) is 2.43. The van der Waals surface area contributed by atoms with E-state index in [0.717, 1.165) is 24.2 Å². The zero-order valence-electron chi connectivity index (χ0n) is 11.9. The highest BCUT2D eigenvalue weighted by Gasteiger charge is 2.20. The number of esters is 1. The molecule has 1 aliphatic heterocycles. The third-order valence-electron chi connectivity index (χ3n) is 3.50. The lowest BCUT2D eigenvalue weighted by molar-refractivity contribution is -0.147. The molecule has 0 spiro atoms. The van der Waals surface area contributed by atoms with Crippen LogP contribution in [-0.2, 0) is 28.9 Å². The monoisotopic (exact) mass is 301 g/mol. The Morgan fingerprint density at radius 3 is 2.95 bits per heavy atom. The predicted octanol–water partition coefficient (Wildman–Crippen LogP) is 2.63. The van der Waals surface area contributed by atoms with E-state index in [9.17, 15) is 9.18 Å². The Labute approximate surface area is 125 Å². The molecule has 112 valence electrons. The average Bonchev–Trinajstić information content (AvgIpc) is 2.42. The Hall–Kier alpha value is -1.13. The first-order valence-corrected chi connectivity index (χ1v) is 6.80. The first kappa shape index (κ1) is 16.9. The fourth-order valence-electron chi connectivity index (χ4n) is 2.44. The van der Waals surface area contributed by atoms with Gasteiger partial charge in [0.05, 0.1) is 12.5 Å². The molecular weight excluding hydrogens is 281 g/mol. The van der Waals surface area contributed by atoms with Crippen molar-refractivity contribution in [3.63, 3.8) is 0 Å². The summed E-state index contributed by atoms with van der Waals surface area (Å²) in [6.45, 7) is 5.44. The van der Waals surface area contributed by atoms with Crippen LogP contribution in [0.15, 0.2) is 12.1 Å². The highest BCUT2D eigenvalue weighted by atomic mass is 35.5. The topological polar surface area (TPSA) is 38.3 Å². The Balaban J connectivity index is 0.00000200. The summed E-state index contributed by atoms with van der Waals surface area (Å²) in [6, 6.07) is 3.74. The van der Waals surface area contributed by atoms with Crippen LogP contribution < -0.4 is 5.32 Å². The van der Waals surface area contributed by atoms with Gasteiger partial charge in [0.25, 0.3) is 0 Å². The number of halogens is 2. The summed E-state index contributed by atoms with van der Waals surface area (Å²) < 4.78 is 19.3. The van der Waals surface area contributed by atoms with Crippen LogP contribution in [0.4, 0.5) is 4.39 Å². The Bertz CT molecular complexity index is 479. The largest absolute Gasteiger partial charge is 0.466 e. The number of hydrogen-bond donors (Lipinski definition) is 1. The minimum atomic E-state index is -0.311. The van der Waals surface area contributed by atoms with Crippen LogP contribution in [0.2, 0.25) is 0 Å². The second-order valence-electron chi connectivity index (χ2n) is 4.96. The van der Waals surface area contributed by atoms with Crippen LogP contribution in [0.3, 0.4) is 0 Å². The molecule has 3 nitrogen and oxygen atoms in total. The molecule has 1 aliphatic rings. The van der Waals surface area contributed by atoms with Gasteiger partial charge in [-0.2, -0.15) is 0 Å². The van der Waals surface area contributed by atoms with Crippen molar-refractivity contribution in [1.29, 1.82) is 0 Å². The predicted molar refractivity (Wildman–Crippen MR) is 78.6 cm³/mol. The lowest BCUT2D eigenvalue weighted by Gasteiger charge is -2.20. The molecule has 1 aromatic carbocycles. The Kier molecular flexibility index (Phi) is 6.43. The highest BCUT2D eigenvalue weighted by Crippen LogP contribution is 2.23. The van der Waals surface area contributed by atoms with Gasteiger partial charge in [0, 0.05) is 6.54 Å². The van der Waals surface area contributed by atoms with Crippen molar-refractivity contribution >= 4 is 18.4 Å². The van der Waals surface area contributed by atoms with E-state index in [1.54, 1.807) is 19.9 Å². The molecule has 1 atom stereocenters. The molecule has 0 bridgehead atoms. The van der Waals surface area contributed by atoms with Gasteiger partial charge < -0.3 is 10.1 Å².